The van der Waals surface area contributed by atoms with Gasteiger partial charge in [0, 0.05) is 14.0 Å². The molecule has 12 heavy (non-hydrogen) atoms. The summed E-state index contributed by atoms with van der Waals surface area (Å²) in [4.78, 5) is 14.7. The number of rotatable bonds is 2. The monoisotopic (exact) mass is 170 g/mol. The summed E-state index contributed by atoms with van der Waals surface area (Å²) in [6.45, 7) is 2.83. The number of carbonyl (C=O) groups is 1. The lowest BCUT2D eigenvalue weighted by molar-refractivity contribution is 0.1000. The molecule has 0 N–H and O–H groups in total. The van der Waals surface area contributed by atoms with E-state index in [9.17, 15) is 9.18 Å². The smallest absolute Gasteiger partial charge is 0.195 e. The van der Waals surface area contributed by atoms with Crippen LogP contribution in [0.15, 0.2) is 6.20 Å². The number of imidazole rings is 1. The average molecular weight is 170 g/mol. The van der Waals surface area contributed by atoms with Gasteiger partial charge < -0.3 is 4.57 Å². The van der Waals surface area contributed by atoms with Crippen LogP contribution in [0.2, 0.25) is 0 Å². The molecule has 66 valence electrons. The first-order chi connectivity index (χ1) is 5.54. The predicted molar refractivity (Wildman–Crippen MR) is 42.7 cm³/mol. The second kappa shape index (κ2) is 3.05. The van der Waals surface area contributed by atoms with E-state index in [2.05, 4.69) is 4.98 Å². The van der Waals surface area contributed by atoms with Crippen LogP contribution in [-0.2, 0) is 7.05 Å². The zero-order valence-electron chi connectivity index (χ0n) is 7.34. The molecule has 0 spiro atoms. The van der Waals surface area contributed by atoms with E-state index >= 15 is 0 Å². The molecule has 1 unspecified atom stereocenters. The molecule has 0 aromatic carbocycles. The van der Waals surface area contributed by atoms with E-state index in [0.29, 0.717) is 11.5 Å². The highest BCUT2D eigenvalue weighted by molar-refractivity contribution is 5.90. The van der Waals surface area contributed by atoms with Gasteiger partial charge >= 0.3 is 0 Å². The fraction of sp³-hybridized carbons (Fsp3) is 0.500. The van der Waals surface area contributed by atoms with Crippen LogP contribution >= 0.6 is 0 Å². The Bertz CT molecular complexity index is 304. The van der Waals surface area contributed by atoms with Crippen molar-refractivity contribution >= 4 is 5.78 Å². The number of Topliss-reactive ketones (excluding diaryl/α,β-unsaturated/α-hetero) is 1. The molecule has 0 amide bonds. The zero-order chi connectivity index (χ0) is 9.30. The number of hydrogen-bond acceptors (Lipinski definition) is 2. The molecule has 0 fully saturated rings. The van der Waals surface area contributed by atoms with Crippen molar-refractivity contribution in [1.82, 2.24) is 9.55 Å². The van der Waals surface area contributed by atoms with Crippen molar-refractivity contribution in [3.05, 3.63) is 17.7 Å². The lowest BCUT2D eigenvalue weighted by Crippen LogP contribution is -2.06. The topological polar surface area (TPSA) is 34.9 Å². The van der Waals surface area contributed by atoms with Gasteiger partial charge in [0.25, 0.3) is 0 Å². The summed E-state index contributed by atoms with van der Waals surface area (Å²) < 4.78 is 14.3. The number of hydrogen-bond donors (Lipinski definition) is 0. The lowest BCUT2D eigenvalue weighted by atomic mass is 10.3. The van der Waals surface area contributed by atoms with Gasteiger partial charge in [-0.05, 0) is 6.92 Å². The molecule has 0 bridgehead atoms. The van der Waals surface area contributed by atoms with Crippen LogP contribution in [0.1, 0.15) is 36.3 Å². The van der Waals surface area contributed by atoms with Crippen molar-refractivity contribution in [2.24, 2.45) is 7.05 Å². The van der Waals surface area contributed by atoms with Crippen molar-refractivity contribution in [3.63, 3.8) is 0 Å². The normalized spacial score (nSPS) is 13.0. The van der Waals surface area contributed by atoms with E-state index < -0.39 is 6.17 Å². The molecular formula is C8H11FN2O. The van der Waals surface area contributed by atoms with E-state index in [1.165, 1.54) is 24.6 Å². The van der Waals surface area contributed by atoms with E-state index in [4.69, 9.17) is 0 Å². The Morgan fingerprint density at radius 3 is 2.58 bits per heavy atom. The summed E-state index contributed by atoms with van der Waals surface area (Å²) in [7, 11) is 1.63. The zero-order valence-corrected chi connectivity index (χ0v) is 7.34. The summed E-state index contributed by atoms with van der Waals surface area (Å²) in [5.41, 5.74) is 0.431. The van der Waals surface area contributed by atoms with E-state index in [-0.39, 0.29) is 5.78 Å². The van der Waals surface area contributed by atoms with Crippen LogP contribution in [0.5, 0.6) is 0 Å². The van der Waals surface area contributed by atoms with E-state index in [1.54, 1.807) is 7.05 Å². The largest absolute Gasteiger partial charge is 0.326 e. The number of halogens is 1. The van der Waals surface area contributed by atoms with E-state index in [1.807, 2.05) is 0 Å². The molecule has 0 saturated carbocycles. The number of carbonyl (C=O) groups excluding carboxylic acids is 1. The van der Waals surface area contributed by atoms with Crippen molar-refractivity contribution in [1.29, 1.82) is 0 Å². The molecule has 0 radical (unpaired) electrons. The molecule has 3 nitrogen and oxygen atoms in total. The Hall–Kier alpha value is -1.19. The van der Waals surface area contributed by atoms with Gasteiger partial charge in [-0.15, -0.1) is 0 Å². The van der Waals surface area contributed by atoms with Crippen LogP contribution < -0.4 is 0 Å². The maximum absolute atomic E-state index is 12.8. The van der Waals surface area contributed by atoms with Gasteiger partial charge in [0.1, 0.15) is 6.17 Å². The standard InChI is InChI=1S/C8H11FN2O/c1-5(9)7-4-10-8(6(2)12)11(7)3/h4-5H,1-3H3. The van der Waals surface area contributed by atoms with E-state index in [0.717, 1.165) is 0 Å². The minimum Gasteiger partial charge on any atom is -0.326 e. The maximum Gasteiger partial charge on any atom is 0.195 e. The Labute approximate surface area is 70.2 Å². The molecule has 0 aliphatic rings. The fourth-order valence-corrected chi connectivity index (χ4v) is 1.12. The Kier molecular flexibility index (Phi) is 2.26. The fourth-order valence-electron chi connectivity index (χ4n) is 1.12. The van der Waals surface area contributed by atoms with Crippen LogP contribution in [0, 0.1) is 0 Å². The summed E-state index contributed by atoms with van der Waals surface area (Å²) in [5.74, 6) is 0.152. The quantitative estimate of drug-likeness (QED) is 0.632. The molecular weight excluding hydrogens is 159 g/mol. The first-order valence-corrected chi connectivity index (χ1v) is 3.70. The van der Waals surface area contributed by atoms with Crippen molar-refractivity contribution in [2.45, 2.75) is 20.0 Å². The first-order valence-electron chi connectivity index (χ1n) is 3.70. The molecule has 4 heteroatoms. The van der Waals surface area contributed by atoms with Gasteiger partial charge in [0.15, 0.2) is 11.6 Å². The van der Waals surface area contributed by atoms with Gasteiger partial charge in [0.2, 0.25) is 0 Å². The summed E-state index contributed by atoms with van der Waals surface area (Å²) in [6.07, 6.45) is 0.303. The molecule has 1 atom stereocenters. The molecule has 0 saturated heterocycles. The minimum atomic E-state index is -1.09. The van der Waals surface area contributed by atoms with Crippen molar-refractivity contribution in [3.8, 4) is 0 Å². The first kappa shape index (κ1) is 8.90. The predicted octanol–water partition coefficient (Wildman–Crippen LogP) is 1.65. The van der Waals surface area contributed by atoms with Gasteiger partial charge in [-0.3, -0.25) is 4.79 Å². The maximum atomic E-state index is 12.8. The Morgan fingerprint density at radius 2 is 2.33 bits per heavy atom. The Morgan fingerprint density at radius 1 is 1.75 bits per heavy atom. The van der Waals surface area contributed by atoms with Gasteiger partial charge in [-0.25, -0.2) is 9.37 Å². The minimum absolute atomic E-state index is 0.149. The molecule has 0 aliphatic carbocycles. The number of nitrogens with zero attached hydrogens (tertiary/aromatic N) is 2. The van der Waals surface area contributed by atoms with Crippen LogP contribution in [0.25, 0.3) is 0 Å². The SMILES string of the molecule is CC(=O)c1ncc(C(C)F)n1C. The summed E-state index contributed by atoms with van der Waals surface area (Å²) in [5, 5.41) is 0. The molecule has 0 aliphatic heterocycles. The highest BCUT2D eigenvalue weighted by atomic mass is 19.1. The molecule has 1 heterocycles. The van der Waals surface area contributed by atoms with Crippen molar-refractivity contribution in [2.75, 3.05) is 0 Å². The van der Waals surface area contributed by atoms with Gasteiger partial charge in [-0.2, -0.15) is 0 Å². The second-order valence-electron chi connectivity index (χ2n) is 2.74. The second-order valence-corrected chi connectivity index (χ2v) is 2.74. The third-order valence-corrected chi connectivity index (χ3v) is 1.75. The highest BCUT2D eigenvalue weighted by Crippen LogP contribution is 2.16. The summed E-state index contributed by atoms with van der Waals surface area (Å²) in [6, 6.07) is 0. The molecule has 1 aromatic rings. The summed E-state index contributed by atoms with van der Waals surface area (Å²) >= 11 is 0. The van der Waals surface area contributed by atoms with Gasteiger partial charge in [-0.1, -0.05) is 0 Å². The highest BCUT2D eigenvalue weighted by Gasteiger charge is 2.13. The Balaban J connectivity index is 3.13. The lowest BCUT2D eigenvalue weighted by Gasteiger charge is -2.03. The van der Waals surface area contributed by atoms with Crippen LogP contribution in [0.3, 0.4) is 0 Å². The van der Waals surface area contributed by atoms with Crippen molar-refractivity contribution < 1.29 is 9.18 Å². The third-order valence-electron chi connectivity index (χ3n) is 1.75. The third kappa shape index (κ3) is 1.37. The van der Waals surface area contributed by atoms with Gasteiger partial charge in [0.05, 0.1) is 11.9 Å². The number of alkyl halides is 1. The average Bonchev–Trinajstić information content (AvgIpc) is 2.30. The van der Waals surface area contributed by atoms with Crippen LogP contribution in [-0.4, -0.2) is 15.3 Å². The number of aromatic nitrogens is 2. The molecule has 1 aromatic heterocycles. The number of ketones is 1. The molecule has 1 rings (SSSR count). The van der Waals surface area contributed by atoms with Crippen LogP contribution in [0.4, 0.5) is 4.39 Å².